The molecule has 0 spiro atoms. The normalized spacial score (nSPS) is 14.4. The van der Waals surface area contributed by atoms with Gasteiger partial charge in [0.15, 0.2) is 0 Å². The predicted molar refractivity (Wildman–Crippen MR) is 131 cm³/mol. The molecule has 1 fully saturated rings. The van der Waals surface area contributed by atoms with Crippen molar-refractivity contribution in [1.82, 2.24) is 14.8 Å². The second-order valence-corrected chi connectivity index (χ2v) is 9.05. The molecular weight excluding hydrogens is 420 g/mol. The van der Waals surface area contributed by atoms with E-state index in [-0.39, 0.29) is 6.04 Å². The number of aromatic nitrogens is 3. The maximum atomic E-state index is 6.69. The molecule has 0 amide bonds. The lowest BCUT2D eigenvalue weighted by Crippen LogP contribution is -2.30. The number of nitrogens with zero attached hydrogens (tertiary/aromatic N) is 4. The van der Waals surface area contributed by atoms with Gasteiger partial charge in [-0.2, -0.15) is 4.98 Å². The largest absolute Gasteiger partial charge is 0.496 e. The highest BCUT2D eigenvalue weighted by Crippen LogP contribution is 2.42. The van der Waals surface area contributed by atoms with Crippen LogP contribution in [0.2, 0.25) is 5.02 Å². The van der Waals surface area contributed by atoms with E-state index in [1.54, 1.807) is 7.11 Å². The van der Waals surface area contributed by atoms with Crippen molar-refractivity contribution in [2.45, 2.75) is 64.8 Å². The van der Waals surface area contributed by atoms with Gasteiger partial charge in [-0.15, -0.1) is 5.10 Å². The summed E-state index contributed by atoms with van der Waals surface area (Å²) in [7, 11) is 1.67. The summed E-state index contributed by atoms with van der Waals surface area (Å²) >= 11 is 6.69. The van der Waals surface area contributed by atoms with Gasteiger partial charge in [0.05, 0.1) is 23.9 Å². The summed E-state index contributed by atoms with van der Waals surface area (Å²) in [5.41, 5.74) is 3.21. The van der Waals surface area contributed by atoms with Crippen LogP contribution in [0.15, 0.2) is 42.5 Å². The summed E-state index contributed by atoms with van der Waals surface area (Å²) in [5, 5.41) is 5.68. The van der Waals surface area contributed by atoms with Crippen LogP contribution in [-0.2, 0) is 0 Å². The second kappa shape index (κ2) is 9.95. The van der Waals surface area contributed by atoms with Crippen molar-refractivity contribution in [2.75, 3.05) is 18.6 Å². The molecule has 0 saturated heterocycles. The third-order valence-corrected chi connectivity index (χ3v) is 6.40. The molecule has 1 atom stereocenters. The Balaban J connectivity index is 1.80. The smallest absolute Gasteiger partial charge is 0.245 e. The Hall–Kier alpha value is -2.53. The van der Waals surface area contributed by atoms with Gasteiger partial charge >= 0.3 is 0 Å². The van der Waals surface area contributed by atoms with E-state index in [4.69, 9.17) is 26.4 Å². The zero-order valence-electron chi connectivity index (χ0n) is 19.5. The van der Waals surface area contributed by atoms with Crippen LogP contribution in [0.3, 0.4) is 0 Å². The maximum absolute atomic E-state index is 6.69. The standard InChI is InChI=1S/C26H33ClN4O/c1-5-10-22(19-11-8-7-9-12-19)30(15-6-2)26-28-25(20-13-14-20)31(29-26)23-16-18(3)24(32-4)17-21(23)27/h7-9,11-12,16-17,20,22H,5-6,10,13-15H2,1-4H3. The number of hydrogen-bond donors (Lipinski definition) is 0. The van der Waals surface area contributed by atoms with E-state index in [9.17, 15) is 0 Å². The van der Waals surface area contributed by atoms with Crippen molar-refractivity contribution in [2.24, 2.45) is 0 Å². The summed E-state index contributed by atoms with van der Waals surface area (Å²) in [4.78, 5) is 7.48. The lowest BCUT2D eigenvalue weighted by Gasteiger charge is -2.31. The zero-order chi connectivity index (χ0) is 22.7. The number of halogens is 1. The van der Waals surface area contributed by atoms with Gasteiger partial charge in [0, 0.05) is 18.5 Å². The van der Waals surface area contributed by atoms with Crippen LogP contribution >= 0.6 is 11.6 Å². The van der Waals surface area contributed by atoms with Crippen LogP contribution in [0, 0.1) is 6.92 Å². The molecule has 170 valence electrons. The third kappa shape index (κ3) is 4.63. The van der Waals surface area contributed by atoms with E-state index in [1.165, 1.54) is 5.56 Å². The minimum Gasteiger partial charge on any atom is -0.496 e. The molecule has 1 aliphatic carbocycles. The summed E-state index contributed by atoms with van der Waals surface area (Å²) in [6, 6.07) is 14.9. The fourth-order valence-corrected chi connectivity index (χ4v) is 4.57. The van der Waals surface area contributed by atoms with Gasteiger partial charge in [0.25, 0.3) is 0 Å². The lowest BCUT2D eigenvalue weighted by molar-refractivity contribution is 0.411. The van der Waals surface area contributed by atoms with Crippen molar-refractivity contribution in [3.63, 3.8) is 0 Å². The average molecular weight is 453 g/mol. The van der Waals surface area contributed by atoms with Crippen LogP contribution in [0.1, 0.15) is 74.9 Å². The lowest BCUT2D eigenvalue weighted by atomic mass is 10.0. The molecule has 0 bridgehead atoms. The Morgan fingerprint density at radius 2 is 1.91 bits per heavy atom. The van der Waals surface area contributed by atoms with Crippen LogP contribution in [0.4, 0.5) is 5.95 Å². The van der Waals surface area contributed by atoms with Crippen LogP contribution in [-0.4, -0.2) is 28.4 Å². The average Bonchev–Trinajstić information content (AvgIpc) is 3.56. The van der Waals surface area contributed by atoms with Crippen molar-refractivity contribution < 1.29 is 4.74 Å². The van der Waals surface area contributed by atoms with Gasteiger partial charge in [-0.1, -0.05) is 62.2 Å². The molecule has 32 heavy (non-hydrogen) atoms. The molecule has 2 aromatic carbocycles. The number of hydrogen-bond acceptors (Lipinski definition) is 4. The monoisotopic (exact) mass is 452 g/mol. The SMILES string of the molecule is CCCC(c1ccccc1)N(CCC)c1nc(C2CC2)n(-c2cc(C)c(OC)cc2Cl)n1. The first kappa shape index (κ1) is 22.7. The number of rotatable bonds is 10. The number of methoxy groups -OCH3 is 1. The Kier molecular flexibility index (Phi) is 7.04. The molecule has 0 aliphatic heterocycles. The number of ether oxygens (including phenoxy) is 1. The second-order valence-electron chi connectivity index (χ2n) is 8.64. The quantitative estimate of drug-likeness (QED) is 0.336. The molecule has 1 heterocycles. The zero-order valence-corrected chi connectivity index (χ0v) is 20.3. The summed E-state index contributed by atoms with van der Waals surface area (Å²) in [5.74, 6) is 3.03. The minimum absolute atomic E-state index is 0.247. The van der Waals surface area contributed by atoms with Gasteiger partial charge in [-0.25, -0.2) is 4.68 Å². The number of aryl methyl sites for hydroxylation is 1. The molecule has 0 N–H and O–H groups in total. The van der Waals surface area contributed by atoms with Gasteiger partial charge < -0.3 is 9.64 Å². The van der Waals surface area contributed by atoms with Crippen LogP contribution < -0.4 is 9.64 Å². The molecule has 5 nitrogen and oxygen atoms in total. The maximum Gasteiger partial charge on any atom is 0.245 e. The van der Waals surface area contributed by atoms with Gasteiger partial charge in [-0.3, -0.25) is 0 Å². The van der Waals surface area contributed by atoms with Crippen molar-refractivity contribution in [1.29, 1.82) is 0 Å². The molecule has 0 radical (unpaired) electrons. The minimum atomic E-state index is 0.247. The molecule has 1 saturated carbocycles. The van der Waals surface area contributed by atoms with Crippen molar-refractivity contribution in [3.8, 4) is 11.4 Å². The molecule has 4 rings (SSSR count). The van der Waals surface area contributed by atoms with Gasteiger partial charge in [-0.05, 0) is 49.8 Å². The van der Waals surface area contributed by atoms with E-state index >= 15 is 0 Å². The summed E-state index contributed by atoms with van der Waals surface area (Å²) in [6.07, 6.45) is 5.48. The predicted octanol–water partition coefficient (Wildman–Crippen LogP) is 6.87. The fraction of sp³-hybridized carbons (Fsp3) is 0.462. The van der Waals surface area contributed by atoms with E-state index < -0.39 is 0 Å². The Bertz CT molecular complexity index is 1050. The molecule has 1 aromatic heterocycles. The molecule has 3 aromatic rings. The van der Waals surface area contributed by atoms with Crippen molar-refractivity contribution in [3.05, 3.63) is 64.4 Å². The third-order valence-electron chi connectivity index (χ3n) is 6.10. The Labute approximate surface area is 196 Å². The van der Waals surface area contributed by atoms with Crippen molar-refractivity contribution >= 4 is 17.5 Å². The Morgan fingerprint density at radius 1 is 1.16 bits per heavy atom. The fourth-order valence-electron chi connectivity index (χ4n) is 4.33. The first-order valence-electron chi connectivity index (χ1n) is 11.7. The molecule has 1 aliphatic rings. The first-order chi connectivity index (χ1) is 15.6. The molecule has 1 unspecified atom stereocenters. The highest BCUT2D eigenvalue weighted by molar-refractivity contribution is 6.32. The Morgan fingerprint density at radius 3 is 2.53 bits per heavy atom. The van der Waals surface area contributed by atoms with Crippen LogP contribution in [0.5, 0.6) is 5.75 Å². The van der Waals surface area contributed by atoms with E-state index in [2.05, 4.69) is 55.1 Å². The highest BCUT2D eigenvalue weighted by atomic mass is 35.5. The summed E-state index contributed by atoms with van der Waals surface area (Å²) in [6.45, 7) is 7.39. The number of benzene rings is 2. The van der Waals surface area contributed by atoms with E-state index in [1.807, 2.05) is 17.7 Å². The highest BCUT2D eigenvalue weighted by Gasteiger charge is 2.33. The van der Waals surface area contributed by atoms with Gasteiger partial charge in [0.1, 0.15) is 11.6 Å². The van der Waals surface area contributed by atoms with E-state index in [0.717, 1.165) is 67.4 Å². The summed E-state index contributed by atoms with van der Waals surface area (Å²) < 4.78 is 7.42. The topological polar surface area (TPSA) is 43.2 Å². The number of anilines is 1. The van der Waals surface area contributed by atoms with Crippen LogP contribution in [0.25, 0.3) is 5.69 Å². The first-order valence-corrected chi connectivity index (χ1v) is 12.1. The van der Waals surface area contributed by atoms with E-state index in [0.29, 0.717) is 10.9 Å². The molecular formula is C26H33ClN4O. The molecule has 6 heteroatoms. The van der Waals surface area contributed by atoms with Gasteiger partial charge in [0.2, 0.25) is 5.95 Å².